The Morgan fingerprint density at radius 2 is 1.93 bits per heavy atom. The monoisotopic (exact) mass is 238 g/mol. The van der Waals surface area contributed by atoms with Crippen molar-refractivity contribution in [3.05, 3.63) is 40.6 Å². The van der Waals surface area contributed by atoms with Gasteiger partial charge < -0.3 is 0 Å². The molecule has 1 nitrogen and oxygen atoms in total. The Morgan fingerprint density at radius 1 is 1.27 bits per heavy atom. The molecular weight excluding hydrogens is 224 g/mol. The SMILES string of the molecule is CC(C)S/C(=C/C=O)Sc1ccccc1. The predicted molar refractivity (Wildman–Crippen MR) is 69.2 cm³/mol. The Hall–Kier alpha value is -0.670. The van der Waals surface area contributed by atoms with Crippen molar-refractivity contribution in [1.82, 2.24) is 0 Å². The van der Waals surface area contributed by atoms with Crippen LogP contribution < -0.4 is 0 Å². The number of carbonyl (C=O) groups excluding carboxylic acids is 1. The Labute approximate surface area is 99.3 Å². The molecule has 0 unspecified atom stereocenters. The van der Waals surface area contributed by atoms with Gasteiger partial charge in [0.1, 0.15) is 6.29 Å². The van der Waals surface area contributed by atoms with Gasteiger partial charge >= 0.3 is 0 Å². The van der Waals surface area contributed by atoms with Gasteiger partial charge in [-0.05, 0) is 18.2 Å². The molecule has 0 fully saturated rings. The third kappa shape index (κ3) is 5.09. The van der Waals surface area contributed by atoms with Crippen LogP contribution in [0, 0.1) is 0 Å². The number of aldehydes is 1. The van der Waals surface area contributed by atoms with Crippen molar-refractivity contribution in [2.75, 3.05) is 0 Å². The summed E-state index contributed by atoms with van der Waals surface area (Å²) in [6, 6.07) is 10.1. The molecule has 0 aliphatic heterocycles. The van der Waals surface area contributed by atoms with Crippen molar-refractivity contribution >= 4 is 29.8 Å². The van der Waals surface area contributed by atoms with Gasteiger partial charge in [0.15, 0.2) is 0 Å². The van der Waals surface area contributed by atoms with Gasteiger partial charge in [0.2, 0.25) is 0 Å². The van der Waals surface area contributed by atoms with Crippen molar-refractivity contribution in [2.45, 2.75) is 24.0 Å². The lowest BCUT2D eigenvalue weighted by Gasteiger charge is -2.08. The van der Waals surface area contributed by atoms with E-state index in [4.69, 9.17) is 0 Å². The van der Waals surface area contributed by atoms with E-state index in [1.165, 1.54) is 4.90 Å². The highest BCUT2D eigenvalue weighted by Gasteiger charge is 2.03. The van der Waals surface area contributed by atoms with Crippen LogP contribution in [0.2, 0.25) is 0 Å². The lowest BCUT2D eigenvalue weighted by molar-refractivity contribution is -0.104. The quantitative estimate of drug-likeness (QED) is 0.439. The Morgan fingerprint density at radius 3 is 2.47 bits per heavy atom. The van der Waals surface area contributed by atoms with Crippen LogP contribution in [-0.2, 0) is 4.79 Å². The second-order valence-electron chi connectivity index (χ2n) is 3.20. The van der Waals surface area contributed by atoms with E-state index in [2.05, 4.69) is 13.8 Å². The van der Waals surface area contributed by atoms with Gasteiger partial charge in [0, 0.05) is 14.4 Å². The Balaban J connectivity index is 2.67. The third-order valence-electron chi connectivity index (χ3n) is 1.52. The number of benzene rings is 1. The topological polar surface area (TPSA) is 17.1 Å². The number of thioether (sulfide) groups is 2. The van der Waals surface area contributed by atoms with E-state index < -0.39 is 0 Å². The Bertz CT molecular complexity index is 331. The average Bonchev–Trinajstić information content (AvgIpc) is 2.18. The third-order valence-corrected chi connectivity index (χ3v) is 3.74. The van der Waals surface area contributed by atoms with E-state index in [1.807, 2.05) is 30.3 Å². The molecule has 15 heavy (non-hydrogen) atoms. The van der Waals surface area contributed by atoms with E-state index in [1.54, 1.807) is 29.6 Å². The molecule has 0 atom stereocenters. The van der Waals surface area contributed by atoms with E-state index >= 15 is 0 Å². The summed E-state index contributed by atoms with van der Waals surface area (Å²) in [6.07, 6.45) is 2.48. The van der Waals surface area contributed by atoms with Crippen LogP contribution in [-0.4, -0.2) is 11.5 Å². The number of rotatable bonds is 5. The van der Waals surface area contributed by atoms with Gasteiger partial charge in [-0.2, -0.15) is 0 Å². The molecule has 0 aromatic heterocycles. The smallest absolute Gasteiger partial charge is 0.144 e. The zero-order chi connectivity index (χ0) is 11.1. The fourth-order valence-electron chi connectivity index (χ4n) is 0.990. The molecule has 0 saturated carbocycles. The number of allylic oxidation sites excluding steroid dienone is 1. The lowest BCUT2D eigenvalue weighted by Crippen LogP contribution is -1.86. The van der Waals surface area contributed by atoms with Gasteiger partial charge in [0.25, 0.3) is 0 Å². The fraction of sp³-hybridized carbons (Fsp3) is 0.250. The molecule has 0 aliphatic rings. The van der Waals surface area contributed by atoms with Crippen LogP contribution in [0.1, 0.15) is 13.8 Å². The second kappa shape index (κ2) is 6.75. The molecule has 1 rings (SSSR count). The minimum Gasteiger partial charge on any atom is -0.298 e. The molecule has 3 heteroatoms. The predicted octanol–water partition coefficient (Wildman–Crippen LogP) is 3.96. The van der Waals surface area contributed by atoms with Crippen LogP contribution in [0.4, 0.5) is 0 Å². The summed E-state index contributed by atoms with van der Waals surface area (Å²) >= 11 is 3.35. The molecule has 80 valence electrons. The number of hydrogen-bond donors (Lipinski definition) is 0. The lowest BCUT2D eigenvalue weighted by atomic mass is 10.4. The van der Waals surface area contributed by atoms with Crippen LogP contribution in [0.25, 0.3) is 0 Å². The molecule has 0 radical (unpaired) electrons. The molecule has 0 N–H and O–H groups in total. The maximum atomic E-state index is 10.5. The standard InChI is InChI=1S/C12H14OS2/c1-10(2)14-12(8-9-13)15-11-6-4-3-5-7-11/h3-10H,1-2H3/b12-8-. The van der Waals surface area contributed by atoms with E-state index in [0.717, 1.165) is 10.5 Å². The summed E-state index contributed by atoms with van der Waals surface area (Å²) in [6.45, 7) is 4.24. The molecule has 0 spiro atoms. The Kier molecular flexibility index (Phi) is 5.58. The van der Waals surface area contributed by atoms with E-state index in [9.17, 15) is 4.79 Å². The van der Waals surface area contributed by atoms with E-state index in [-0.39, 0.29) is 0 Å². The summed E-state index contributed by atoms with van der Waals surface area (Å²) in [4.78, 5) is 11.6. The largest absolute Gasteiger partial charge is 0.298 e. The van der Waals surface area contributed by atoms with Crippen LogP contribution in [0.5, 0.6) is 0 Å². The first-order chi connectivity index (χ1) is 7.22. The van der Waals surface area contributed by atoms with Gasteiger partial charge in [-0.3, -0.25) is 4.79 Å². The van der Waals surface area contributed by atoms with Gasteiger partial charge in [-0.1, -0.05) is 43.8 Å². The maximum absolute atomic E-state index is 10.5. The van der Waals surface area contributed by atoms with Gasteiger partial charge in [-0.25, -0.2) is 0 Å². The highest BCUT2D eigenvalue weighted by Crippen LogP contribution is 2.36. The molecule has 1 aromatic rings. The van der Waals surface area contributed by atoms with Crippen LogP contribution in [0.15, 0.2) is 45.5 Å². The van der Waals surface area contributed by atoms with E-state index in [0.29, 0.717) is 5.25 Å². The van der Waals surface area contributed by atoms with Crippen molar-refractivity contribution in [1.29, 1.82) is 0 Å². The second-order valence-corrected chi connectivity index (χ2v) is 6.20. The summed E-state index contributed by atoms with van der Waals surface area (Å²) in [5.74, 6) is 0. The molecular formula is C12H14OS2. The minimum absolute atomic E-state index is 0.493. The van der Waals surface area contributed by atoms with Crippen molar-refractivity contribution in [3.8, 4) is 0 Å². The van der Waals surface area contributed by atoms with Crippen molar-refractivity contribution in [3.63, 3.8) is 0 Å². The number of hydrogen-bond acceptors (Lipinski definition) is 3. The van der Waals surface area contributed by atoms with Gasteiger partial charge in [0.05, 0.1) is 0 Å². The molecule has 0 aliphatic carbocycles. The van der Waals surface area contributed by atoms with Crippen LogP contribution in [0.3, 0.4) is 0 Å². The molecule has 1 aromatic carbocycles. The molecule has 0 bridgehead atoms. The molecule has 0 saturated heterocycles. The summed E-state index contributed by atoms with van der Waals surface area (Å²) in [5, 5.41) is 0.493. The minimum atomic E-state index is 0.493. The van der Waals surface area contributed by atoms with Crippen molar-refractivity contribution < 1.29 is 4.79 Å². The highest BCUT2D eigenvalue weighted by atomic mass is 32.2. The summed E-state index contributed by atoms with van der Waals surface area (Å²) < 4.78 is 1.05. The van der Waals surface area contributed by atoms with Gasteiger partial charge in [-0.15, -0.1) is 11.8 Å². The van der Waals surface area contributed by atoms with Crippen LogP contribution >= 0.6 is 23.5 Å². The highest BCUT2D eigenvalue weighted by molar-refractivity contribution is 8.22. The first kappa shape index (κ1) is 12.4. The molecule has 0 heterocycles. The summed E-state index contributed by atoms with van der Waals surface area (Å²) in [7, 11) is 0. The molecule has 0 amide bonds. The zero-order valence-corrected chi connectivity index (χ0v) is 10.5. The number of carbonyl (C=O) groups is 1. The normalized spacial score (nSPS) is 11.8. The first-order valence-electron chi connectivity index (χ1n) is 4.77. The van der Waals surface area contributed by atoms with Crippen molar-refractivity contribution in [2.24, 2.45) is 0 Å². The summed E-state index contributed by atoms with van der Waals surface area (Å²) in [5.41, 5.74) is 0. The maximum Gasteiger partial charge on any atom is 0.144 e. The zero-order valence-electron chi connectivity index (χ0n) is 8.84. The first-order valence-corrected chi connectivity index (χ1v) is 6.47. The average molecular weight is 238 g/mol. The fourth-order valence-corrected chi connectivity index (χ4v) is 3.30.